The second-order valence-corrected chi connectivity index (χ2v) is 5.65. The molecule has 2 N–H and O–H groups in total. The molecule has 0 amide bonds. The summed E-state index contributed by atoms with van der Waals surface area (Å²) in [5, 5.41) is 22.9. The van der Waals surface area contributed by atoms with E-state index in [0.29, 0.717) is 16.3 Å². The zero-order chi connectivity index (χ0) is 15.5. The number of ether oxygens (including phenoxy) is 1. The van der Waals surface area contributed by atoms with E-state index >= 15 is 0 Å². The Hall–Kier alpha value is -2.45. The van der Waals surface area contributed by atoms with Gasteiger partial charge in [0.05, 0.1) is 18.2 Å². The molecule has 2 aromatic heterocycles. The van der Waals surface area contributed by atoms with Crippen LogP contribution in [0.3, 0.4) is 0 Å². The van der Waals surface area contributed by atoms with Gasteiger partial charge < -0.3 is 9.84 Å². The molecule has 0 fully saturated rings. The van der Waals surface area contributed by atoms with Crippen molar-refractivity contribution in [2.75, 3.05) is 7.11 Å². The standard InChI is InChI=1S/C14H12N4O2S2/c1-20-11-7-9(4-5-10(11)19)8-15-18-13(16-17-14(18)21)12-3-2-6-22-12/h2-8,19H,1H3,(H,17,21)/b15-8-. The summed E-state index contributed by atoms with van der Waals surface area (Å²) in [6, 6.07) is 8.86. The van der Waals surface area contributed by atoms with E-state index in [1.807, 2.05) is 17.5 Å². The second kappa shape index (κ2) is 6.12. The molecule has 3 rings (SSSR count). The first-order valence-corrected chi connectivity index (χ1v) is 7.60. The van der Waals surface area contributed by atoms with Crippen molar-refractivity contribution < 1.29 is 9.84 Å². The summed E-state index contributed by atoms with van der Waals surface area (Å²) in [6.45, 7) is 0. The van der Waals surface area contributed by atoms with E-state index in [4.69, 9.17) is 17.0 Å². The third kappa shape index (κ3) is 2.78. The third-order valence-electron chi connectivity index (χ3n) is 2.92. The van der Waals surface area contributed by atoms with Crippen molar-refractivity contribution >= 4 is 29.8 Å². The van der Waals surface area contributed by atoms with Crippen LogP contribution in [0.1, 0.15) is 5.56 Å². The molecule has 8 heteroatoms. The number of thiophene rings is 1. The molecule has 112 valence electrons. The van der Waals surface area contributed by atoms with Gasteiger partial charge in [-0.05, 0) is 47.4 Å². The van der Waals surface area contributed by atoms with Crippen molar-refractivity contribution in [1.82, 2.24) is 14.9 Å². The van der Waals surface area contributed by atoms with E-state index in [-0.39, 0.29) is 5.75 Å². The van der Waals surface area contributed by atoms with Crippen molar-refractivity contribution in [3.05, 3.63) is 46.0 Å². The van der Waals surface area contributed by atoms with Crippen LogP contribution in [-0.4, -0.2) is 33.3 Å². The number of methoxy groups -OCH3 is 1. The highest BCUT2D eigenvalue weighted by atomic mass is 32.1. The number of benzene rings is 1. The fourth-order valence-corrected chi connectivity index (χ4v) is 2.74. The van der Waals surface area contributed by atoms with Crippen LogP contribution >= 0.6 is 23.6 Å². The Labute approximate surface area is 135 Å². The van der Waals surface area contributed by atoms with Gasteiger partial charge in [-0.15, -0.1) is 11.3 Å². The molecule has 0 aliphatic heterocycles. The van der Waals surface area contributed by atoms with E-state index < -0.39 is 0 Å². The molecule has 0 saturated carbocycles. The summed E-state index contributed by atoms with van der Waals surface area (Å²) in [5.74, 6) is 1.12. The Kier molecular flexibility index (Phi) is 4.03. The average Bonchev–Trinajstić information content (AvgIpc) is 3.16. The maximum Gasteiger partial charge on any atom is 0.216 e. The van der Waals surface area contributed by atoms with Gasteiger partial charge in [-0.1, -0.05) is 6.07 Å². The Bertz CT molecular complexity index is 865. The number of nitrogens with zero attached hydrogens (tertiary/aromatic N) is 3. The summed E-state index contributed by atoms with van der Waals surface area (Å²) in [6.07, 6.45) is 1.63. The normalized spacial score (nSPS) is 11.1. The van der Waals surface area contributed by atoms with Gasteiger partial charge in [0, 0.05) is 0 Å². The van der Waals surface area contributed by atoms with E-state index in [9.17, 15) is 5.11 Å². The highest BCUT2D eigenvalue weighted by molar-refractivity contribution is 7.71. The minimum Gasteiger partial charge on any atom is -0.504 e. The van der Waals surface area contributed by atoms with Crippen LogP contribution in [0.5, 0.6) is 11.5 Å². The Morgan fingerprint density at radius 1 is 1.45 bits per heavy atom. The number of H-pyrrole nitrogens is 1. The lowest BCUT2D eigenvalue weighted by Crippen LogP contribution is -1.94. The van der Waals surface area contributed by atoms with Crippen molar-refractivity contribution in [1.29, 1.82) is 0 Å². The molecule has 0 unspecified atom stereocenters. The fourth-order valence-electron chi connectivity index (χ4n) is 1.86. The van der Waals surface area contributed by atoms with Crippen molar-refractivity contribution in [3.8, 4) is 22.2 Å². The minimum absolute atomic E-state index is 0.0823. The molecule has 1 aromatic carbocycles. The van der Waals surface area contributed by atoms with Gasteiger partial charge in [-0.2, -0.15) is 14.9 Å². The topological polar surface area (TPSA) is 75.4 Å². The van der Waals surface area contributed by atoms with E-state index in [1.165, 1.54) is 7.11 Å². The molecule has 6 nitrogen and oxygen atoms in total. The summed E-state index contributed by atoms with van der Waals surface area (Å²) in [7, 11) is 1.50. The van der Waals surface area contributed by atoms with Crippen LogP contribution in [0.25, 0.3) is 10.7 Å². The summed E-state index contributed by atoms with van der Waals surface area (Å²) >= 11 is 6.76. The number of nitrogens with one attached hydrogen (secondary N) is 1. The van der Waals surface area contributed by atoms with Crippen molar-refractivity contribution in [2.45, 2.75) is 0 Å². The molecule has 3 aromatic rings. The summed E-state index contributed by atoms with van der Waals surface area (Å²) in [4.78, 5) is 0.966. The number of aromatic hydroxyl groups is 1. The van der Waals surface area contributed by atoms with Crippen molar-refractivity contribution in [3.63, 3.8) is 0 Å². The Morgan fingerprint density at radius 2 is 2.32 bits per heavy atom. The molecule has 0 saturated heterocycles. The molecule has 0 spiro atoms. The van der Waals surface area contributed by atoms with Crippen LogP contribution in [0.15, 0.2) is 40.8 Å². The van der Waals surface area contributed by atoms with Gasteiger partial charge in [0.15, 0.2) is 17.3 Å². The van der Waals surface area contributed by atoms with E-state index in [1.54, 1.807) is 40.4 Å². The number of hydrogen-bond acceptors (Lipinski definition) is 6. The largest absolute Gasteiger partial charge is 0.504 e. The van der Waals surface area contributed by atoms with Crippen LogP contribution < -0.4 is 4.74 Å². The van der Waals surface area contributed by atoms with Gasteiger partial charge in [0.1, 0.15) is 0 Å². The molecule has 2 heterocycles. The highest BCUT2D eigenvalue weighted by Gasteiger charge is 2.08. The van der Waals surface area contributed by atoms with Crippen LogP contribution in [0.2, 0.25) is 0 Å². The SMILES string of the molecule is COc1cc(/C=N\n2c(-c3cccs3)n[nH]c2=S)ccc1O. The lowest BCUT2D eigenvalue weighted by Gasteiger charge is -2.03. The molecule has 0 aliphatic rings. The van der Waals surface area contributed by atoms with Gasteiger partial charge >= 0.3 is 0 Å². The minimum atomic E-state index is 0.0823. The predicted octanol–water partition coefficient (Wildman–Crippen LogP) is 3.27. The lowest BCUT2D eigenvalue weighted by molar-refractivity contribution is 0.373. The fraction of sp³-hybridized carbons (Fsp3) is 0.0714. The lowest BCUT2D eigenvalue weighted by atomic mass is 10.2. The summed E-state index contributed by atoms with van der Waals surface area (Å²) in [5.41, 5.74) is 0.773. The highest BCUT2D eigenvalue weighted by Crippen LogP contribution is 2.26. The first kappa shape index (κ1) is 14.5. The molecular weight excluding hydrogens is 320 g/mol. The number of phenolic OH excluding ortho intramolecular Hbond substituents is 1. The third-order valence-corrected chi connectivity index (χ3v) is 4.05. The average molecular weight is 332 g/mol. The van der Waals surface area contributed by atoms with E-state index in [2.05, 4.69) is 15.3 Å². The number of rotatable bonds is 4. The molecule has 22 heavy (non-hydrogen) atoms. The van der Waals surface area contributed by atoms with Crippen LogP contribution in [0, 0.1) is 4.77 Å². The Balaban J connectivity index is 1.97. The Morgan fingerprint density at radius 3 is 3.05 bits per heavy atom. The monoisotopic (exact) mass is 332 g/mol. The predicted molar refractivity (Wildman–Crippen MR) is 88.4 cm³/mol. The first-order chi connectivity index (χ1) is 10.7. The van der Waals surface area contributed by atoms with Crippen LogP contribution in [-0.2, 0) is 0 Å². The number of phenols is 1. The second-order valence-electron chi connectivity index (χ2n) is 4.32. The number of aromatic nitrogens is 3. The van der Waals surface area contributed by atoms with Gasteiger partial charge in [0.25, 0.3) is 0 Å². The van der Waals surface area contributed by atoms with E-state index in [0.717, 1.165) is 10.4 Å². The van der Waals surface area contributed by atoms with Crippen LogP contribution in [0.4, 0.5) is 0 Å². The first-order valence-electron chi connectivity index (χ1n) is 6.31. The summed E-state index contributed by atoms with van der Waals surface area (Å²) < 4.78 is 7.04. The quantitative estimate of drug-likeness (QED) is 0.568. The van der Waals surface area contributed by atoms with Crippen molar-refractivity contribution in [2.24, 2.45) is 5.10 Å². The molecular formula is C14H12N4O2S2. The molecule has 0 bridgehead atoms. The molecule has 0 atom stereocenters. The van der Waals surface area contributed by atoms with Gasteiger partial charge in [0.2, 0.25) is 4.77 Å². The maximum atomic E-state index is 9.60. The smallest absolute Gasteiger partial charge is 0.216 e. The molecule has 0 aliphatic carbocycles. The van der Waals surface area contributed by atoms with Gasteiger partial charge in [-0.3, -0.25) is 0 Å². The number of aromatic amines is 1. The number of hydrogen-bond donors (Lipinski definition) is 2. The molecule has 0 radical (unpaired) electrons. The maximum absolute atomic E-state index is 9.60. The van der Waals surface area contributed by atoms with Gasteiger partial charge in [-0.25, -0.2) is 5.10 Å². The zero-order valence-corrected chi connectivity index (χ0v) is 13.2. The zero-order valence-electron chi connectivity index (χ0n) is 11.6.